The van der Waals surface area contributed by atoms with Gasteiger partial charge in [-0.25, -0.2) is 0 Å². The summed E-state index contributed by atoms with van der Waals surface area (Å²) in [5.41, 5.74) is 2.00. The SMILES string of the molecule is CN=C(NCC(=O)Nc1cccnc1)NCC1(c2cccc(Cl)c2)CC1.I. The van der Waals surface area contributed by atoms with Gasteiger partial charge in [0.1, 0.15) is 0 Å². The van der Waals surface area contributed by atoms with Crippen LogP contribution in [0.2, 0.25) is 5.02 Å². The number of nitrogens with zero attached hydrogens (tertiary/aromatic N) is 2. The van der Waals surface area contributed by atoms with Gasteiger partial charge in [-0.1, -0.05) is 23.7 Å². The zero-order valence-corrected chi connectivity index (χ0v) is 18.1. The van der Waals surface area contributed by atoms with Crippen LogP contribution in [0.15, 0.2) is 53.8 Å². The van der Waals surface area contributed by atoms with Crippen LogP contribution >= 0.6 is 35.6 Å². The van der Waals surface area contributed by atoms with Gasteiger partial charge in [0.05, 0.1) is 18.4 Å². The largest absolute Gasteiger partial charge is 0.356 e. The van der Waals surface area contributed by atoms with Gasteiger partial charge in [0.2, 0.25) is 5.91 Å². The Labute approximate surface area is 181 Å². The third kappa shape index (κ3) is 6.07. The van der Waals surface area contributed by atoms with Gasteiger partial charge in [-0.15, -0.1) is 24.0 Å². The number of carbonyl (C=O) groups excluding carboxylic acids is 1. The zero-order valence-electron chi connectivity index (χ0n) is 15.0. The van der Waals surface area contributed by atoms with E-state index in [1.807, 2.05) is 18.2 Å². The van der Waals surface area contributed by atoms with Crippen molar-refractivity contribution in [3.8, 4) is 0 Å². The van der Waals surface area contributed by atoms with E-state index in [-0.39, 0.29) is 41.8 Å². The lowest BCUT2D eigenvalue weighted by Crippen LogP contribution is -2.44. The first-order valence-electron chi connectivity index (χ1n) is 8.52. The van der Waals surface area contributed by atoms with Gasteiger partial charge in [-0.2, -0.15) is 0 Å². The van der Waals surface area contributed by atoms with Crippen LogP contribution in [0.25, 0.3) is 0 Å². The molecule has 0 atom stereocenters. The van der Waals surface area contributed by atoms with E-state index in [1.54, 1.807) is 31.6 Å². The summed E-state index contributed by atoms with van der Waals surface area (Å²) < 4.78 is 0. The topological polar surface area (TPSA) is 78.4 Å². The molecule has 1 heterocycles. The number of pyridine rings is 1. The number of anilines is 1. The number of guanidine groups is 1. The monoisotopic (exact) mass is 499 g/mol. The highest BCUT2D eigenvalue weighted by molar-refractivity contribution is 14.0. The van der Waals surface area contributed by atoms with E-state index in [2.05, 4.69) is 32.0 Å². The molecule has 0 unspecified atom stereocenters. The van der Waals surface area contributed by atoms with E-state index >= 15 is 0 Å². The van der Waals surface area contributed by atoms with Crippen molar-refractivity contribution >= 4 is 53.1 Å². The number of hydrogen-bond donors (Lipinski definition) is 3. The van der Waals surface area contributed by atoms with Gasteiger partial charge in [0.15, 0.2) is 5.96 Å². The van der Waals surface area contributed by atoms with Crippen molar-refractivity contribution < 1.29 is 4.79 Å². The molecule has 1 amide bonds. The second-order valence-corrected chi connectivity index (χ2v) is 6.80. The summed E-state index contributed by atoms with van der Waals surface area (Å²) in [6, 6.07) is 11.6. The van der Waals surface area contributed by atoms with Gasteiger partial charge in [0.25, 0.3) is 0 Å². The van der Waals surface area contributed by atoms with Crippen molar-refractivity contribution in [1.82, 2.24) is 15.6 Å². The fraction of sp³-hybridized carbons (Fsp3) is 0.316. The third-order valence-corrected chi connectivity index (χ3v) is 4.71. The van der Waals surface area contributed by atoms with Crippen molar-refractivity contribution in [1.29, 1.82) is 0 Å². The van der Waals surface area contributed by atoms with Gasteiger partial charge in [-0.3, -0.25) is 14.8 Å². The molecule has 0 saturated heterocycles. The van der Waals surface area contributed by atoms with Gasteiger partial charge in [-0.05, 0) is 42.7 Å². The average Bonchev–Trinajstić information content (AvgIpc) is 3.44. The number of benzene rings is 1. The highest BCUT2D eigenvalue weighted by atomic mass is 127. The Balaban J connectivity index is 0.00000261. The van der Waals surface area contributed by atoms with E-state index in [0.717, 1.165) is 24.4 Å². The number of halogens is 2. The smallest absolute Gasteiger partial charge is 0.243 e. The van der Waals surface area contributed by atoms with Crippen LogP contribution < -0.4 is 16.0 Å². The molecule has 1 aliphatic rings. The molecule has 0 radical (unpaired) electrons. The van der Waals surface area contributed by atoms with Crippen LogP contribution in [0.1, 0.15) is 18.4 Å². The Morgan fingerprint density at radius 3 is 2.70 bits per heavy atom. The summed E-state index contributed by atoms with van der Waals surface area (Å²) >= 11 is 6.11. The number of amides is 1. The zero-order chi connectivity index (χ0) is 18.4. The number of carbonyl (C=O) groups is 1. The van der Waals surface area contributed by atoms with Gasteiger partial charge >= 0.3 is 0 Å². The predicted octanol–water partition coefficient (Wildman–Crippen LogP) is 3.19. The second-order valence-electron chi connectivity index (χ2n) is 6.36. The number of rotatable bonds is 6. The van der Waals surface area contributed by atoms with Crippen LogP contribution in [-0.4, -0.2) is 37.0 Å². The molecule has 1 aliphatic carbocycles. The predicted molar refractivity (Wildman–Crippen MR) is 120 cm³/mol. The molecule has 2 aromatic rings. The Morgan fingerprint density at radius 1 is 1.26 bits per heavy atom. The lowest BCUT2D eigenvalue weighted by Gasteiger charge is -2.19. The highest BCUT2D eigenvalue weighted by Crippen LogP contribution is 2.48. The number of hydrogen-bond acceptors (Lipinski definition) is 3. The quantitative estimate of drug-likeness (QED) is 0.324. The molecule has 0 aliphatic heterocycles. The normalized spacial score (nSPS) is 14.7. The minimum absolute atomic E-state index is 0. The minimum atomic E-state index is -0.156. The van der Waals surface area contributed by atoms with Crippen LogP contribution in [0.3, 0.4) is 0 Å². The molecular weight excluding hydrogens is 477 g/mol. The molecule has 1 fully saturated rings. The fourth-order valence-electron chi connectivity index (χ4n) is 2.82. The van der Waals surface area contributed by atoms with Gasteiger partial charge in [0, 0.05) is 30.2 Å². The summed E-state index contributed by atoms with van der Waals surface area (Å²) in [6.07, 6.45) is 5.48. The van der Waals surface area contributed by atoms with Crippen molar-refractivity contribution in [3.63, 3.8) is 0 Å². The lowest BCUT2D eigenvalue weighted by molar-refractivity contribution is -0.115. The first-order valence-corrected chi connectivity index (χ1v) is 8.89. The van der Waals surface area contributed by atoms with Crippen molar-refractivity contribution in [2.75, 3.05) is 25.5 Å². The fourth-order valence-corrected chi connectivity index (χ4v) is 3.01. The molecule has 0 bridgehead atoms. The Bertz CT molecular complexity index is 796. The maximum absolute atomic E-state index is 12.0. The summed E-state index contributed by atoms with van der Waals surface area (Å²) in [7, 11) is 1.69. The second kappa shape index (κ2) is 9.89. The maximum atomic E-state index is 12.0. The number of nitrogens with one attached hydrogen (secondary N) is 3. The molecule has 6 nitrogen and oxygen atoms in total. The molecule has 1 saturated carbocycles. The van der Waals surface area contributed by atoms with E-state index in [9.17, 15) is 4.79 Å². The molecule has 0 spiro atoms. The molecule has 27 heavy (non-hydrogen) atoms. The van der Waals surface area contributed by atoms with Crippen molar-refractivity contribution in [3.05, 3.63) is 59.4 Å². The van der Waals surface area contributed by atoms with Crippen LogP contribution in [0, 0.1) is 0 Å². The summed E-state index contributed by atoms with van der Waals surface area (Å²) in [5, 5.41) is 9.88. The summed E-state index contributed by atoms with van der Waals surface area (Å²) in [6.45, 7) is 0.871. The molecule has 1 aromatic carbocycles. The Hall–Kier alpha value is -1.87. The standard InChI is InChI=1S/C19H22ClN5O.HI/c1-21-18(23-12-17(26)25-16-6-3-9-22-11-16)24-13-19(7-8-19)14-4-2-5-15(20)10-14;/h2-6,9-11H,7-8,12-13H2,1H3,(H,25,26)(H2,21,23,24);1H. The highest BCUT2D eigenvalue weighted by Gasteiger charge is 2.44. The molecule has 3 N–H and O–H groups in total. The maximum Gasteiger partial charge on any atom is 0.243 e. The van der Waals surface area contributed by atoms with Crippen LogP contribution in [0.4, 0.5) is 5.69 Å². The number of aromatic nitrogens is 1. The van der Waals surface area contributed by atoms with E-state index in [4.69, 9.17) is 11.6 Å². The van der Waals surface area contributed by atoms with E-state index in [0.29, 0.717) is 11.6 Å². The summed E-state index contributed by atoms with van der Waals surface area (Å²) in [4.78, 5) is 20.2. The first kappa shape index (κ1) is 21.4. The van der Waals surface area contributed by atoms with Crippen molar-refractivity contribution in [2.24, 2.45) is 4.99 Å². The average molecular weight is 500 g/mol. The van der Waals surface area contributed by atoms with Gasteiger partial charge < -0.3 is 16.0 Å². The molecule has 144 valence electrons. The molecule has 3 rings (SSSR count). The third-order valence-electron chi connectivity index (χ3n) is 4.47. The Morgan fingerprint density at radius 2 is 2.07 bits per heavy atom. The minimum Gasteiger partial charge on any atom is -0.356 e. The lowest BCUT2D eigenvalue weighted by atomic mass is 9.96. The van der Waals surface area contributed by atoms with Crippen molar-refractivity contribution in [2.45, 2.75) is 18.3 Å². The van der Waals surface area contributed by atoms with E-state index < -0.39 is 0 Å². The Kier molecular flexibility index (Phi) is 7.85. The molecule has 8 heteroatoms. The van der Waals surface area contributed by atoms with Crippen LogP contribution in [0.5, 0.6) is 0 Å². The molecular formula is C19H23ClIN5O. The van der Waals surface area contributed by atoms with E-state index in [1.165, 1.54) is 5.56 Å². The first-order chi connectivity index (χ1) is 12.6. The van der Waals surface area contributed by atoms with Crippen LogP contribution in [-0.2, 0) is 10.2 Å². The summed E-state index contributed by atoms with van der Waals surface area (Å²) in [5.74, 6) is 0.441. The molecule has 1 aromatic heterocycles. The number of aliphatic imine (C=N–C) groups is 1.